The molecule has 2 aromatic rings. The first-order valence-corrected chi connectivity index (χ1v) is 7.43. The fourth-order valence-corrected chi connectivity index (χ4v) is 2.67. The van der Waals surface area contributed by atoms with Gasteiger partial charge in [0.1, 0.15) is 23.1 Å². The van der Waals surface area contributed by atoms with Crippen LogP contribution in [0.3, 0.4) is 0 Å². The van der Waals surface area contributed by atoms with Gasteiger partial charge in [-0.2, -0.15) is 10.5 Å². The molecule has 26 heavy (non-hydrogen) atoms. The SMILES string of the molecule is N#C/C(=C1\N=c2ccc(Br)c(C#N)c2=N1)c1c(F)c(F)c(F)c(F)c1F. The van der Waals surface area contributed by atoms with E-state index in [1.54, 1.807) is 0 Å². The maximum absolute atomic E-state index is 14.0. The number of nitrogens with zero attached hydrogens (tertiary/aromatic N) is 4. The topological polar surface area (TPSA) is 72.3 Å². The van der Waals surface area contributed by atoms with Crippen molar-refractivity contribution in [2.45, 2.75) is 0 Å². The molecule has 0 saturated heterocycles. The maximum atomic E-state index is 14.0. The molecule has 0 amide bonds. The van der Waals surface area contributed by atoms with E-state index < -0.39 is 46.0 Å². The van der Waals surface area contributed by atoms with Crippen LogP contribution in [0.5, 0.6) is 0 Å². The van der Waals surface area contributed by atoms with Gasteiger partial charge >= 0.3 is 0 Å². The van der Waals surface area contributed by atoms with Gasteiger partial charge in [0.2, 0.25) is 5.82 Å². The average Bonchev–Trinajstić information content (AvgIpc) is 3.05. The van der Waals surface area contributed by atoms with Gasteiger partial charge in [-0.1, -0.05) is 0 Å². The van der Waals surface area contributed by atoms with Gasteiger partial charge in [-0.05, 0) is 28.1 Å². The van der Waals surface area contributed by atoms with Gasteiger partial charge in [0.15, 0.2) is 29.1 Å². The quantitative estimate of drug-likeness (QED) is 0.305. The Balaban J connectivity index is 2.41. The molecule has 0 unspecified atom stereocenters. The molecule has 4 nitrogen and oxygen atoms in total. The Morgan fingerprint density at radius 3 is 2.00 bits per heavy atom. The van der Waals surface area contributed by atoms with Crippen LogP contribution in [-0.2, 0) is 0 Å². The van der Waals surface area contributed by atoms with E-state index in [0.29, 0.717) is 4.47 Å². The summed E-state index contributed by atoms with van der Waals surface area (Å²) < 4.78 is 68.3. The fourth-order valence-electron chi connectivity index (χ4n) is 2.26. The lowest BCUT2D eigenvalue weighted by molar-refractivity contribution is 0.376. The van der Waals surface area contributed by atoms with Crippen LogP contribution in [0, 0.1) is 51.7 Å². The van der Waals surface area contributed by atoms with Crippen LogP contribution in [0.4, 0.5) is 22.0 Å². The second-order valence-electron chi connectivity index (χ2n) is 4.88. The second-order valence-corrected chi connectivity index (χ2v) is 5.74. The van der Waals surface area contributed by atoms with Crippen LogP contribution >= 0.6 is 15.9 Å². The number of benzene rings is 2. The largest absolute Gasteiger partial charge is 0.226 e. The predicted octanol–water partition coefficient (Wildman–Crippen LogP) is 3.16. The minimum absolute atomic E-state index is 0.00787. The van der Waals surface area contributed by atoms with Crippen LogP contribution in [0.25, 0.3) is 5.57 Å². The summed E-state index contributed by atoms with van der Waals surface area (Å²) in [6.07, 6.45) is 0. The third-order valence-corrected chi connectivity index (χ3v) is 4.12. The van der Waals surface area contributed by atoms with E-state index in [2.05, 4.69) is 25.9 Å². The van der Waals surface area contributed by atoms with E-state index in [9.17, 15) is 27.2 Å². The van der Waals surface area contributed by atoms with E-state index in [1.807, 2.05) is 6.07 Å². The van der Waals surface area contributed by atoms with Gasteiger partial charge in [0.05, 0.1) is 16.5 Å². The molecular formula is C16H2BrF5N4. The number of hydrogen-bond donors (Lipinski definition) is 0. The van der Waals surface area contributed by atoms with Crippen molar-refractivity contribution < 1.29 is 22.0 Å². The summed E-state index contributed by atoms with van der Waals surface area (Å²) in [5.41, 5.74) is -2.35. The van der Waals surface area contributed by atoms with Crippen LogP contribution in [0.15, 0.2) is 32.4 Å². The van der Waals surface area contributed by atoms with E-state index in [0.717, 1.165) is 0 Å². The summed E-state index contributed by atoms with van der Waals surface area (Å²) in [5.74, 6) is -11.6. The number of allylic oxidation sites excluding steroid dienone is 1. The van der Waals surface area contributed by atoms with Crippen molar-refractivity contribution in [1.29, 1.82) is 10.5 Å². The van der Waals surface area contributed by atoms with Gasteiger partial charge in [-0.3, -0.25) is 0 Å². The third-order valence-electron chi connectivity index (χ3n) is 3.46. The van der Waals surface area contributed by atoms with Crippen LogP contribution in [0.2, 0.25) is 0 Å². The maximum Gasteiger partial charge on any atom is 0.200 e. The Morgan fingerprint density at radius 1 is 0.885 bits per heavy atom. The molecule has 1 aliphatic heterocycles. The van der Waals surface area contributed by atoms with Crippen LogP contribution < -0.4 is 10.7 Å². The Labute approximate surface area is 150 Å². The van der Waals surface area contributed by atoms with Gasteiger partial charge in [0.25, 0.3) is 0 Å². The van der Waals surface area contributed by atoms with Crippen molar-refractivity contribution in [3.8, 4) is 12.1 Å². The Bertz CT molecular complexity index is 1190. The zero-order chi connectivity index (χ0) is 19.2. The monoisotopic (exact) mass is 424 g/mol. The second kappa shape index (κ2) is 6.32. The first-order valence-electron chi connectivity index (χ1n) is 6.64. The lowest BCUT2D eigenvalue weighted by Crippen LogP contribution is -2.24. The van der Waals surface area contributed by atoms with Crippen molar-refractivity contribution in [2.24, 2.45) is 9.98 Å². The highest BCUT2D eigenvalue weighted by molar-refractivity contribution is 9.10. The van der Waals surface area contributed by atoms with E-state index in [4.69, 9.17) is 5.26 Å². The highest BCUT2D eigenvalue weighted by atomic mass is 79.9. The number of fused-ring (bicyclic) bond motifs is 1. The van der Waals surface area contributed by atoms with Gasteiger partial charge in [-0.15, -0.1) is 0 Å². The molecule has 1 heterocycles. The molecule has 2 aromatic carbocycles. The molecule has 10 heteroatoms. The summed E-state index contributed by atoms with van der Waals surface area (Å²) in [5, 5.41) is 18.5. The third kappa shape index (κ3) is 2.47. The zero-order valence-corrected chi connectivity index (χ0v) is 13.8. The van der Waals surface area contributed by atoms with Crippen molar-refractivity contribution in [2.75, 3.05) is 0 Å². The normalized spacial score (nSPS) is 14.0. The summed E-state index contributed by atoms with van der Waals surface area (Å²) in [6.45, 7) is 0. The number of halogens is 6. The highest BCUT2D eigenvalue weighted by Gasteiger charge is 2.30. The van der Waals surface area contributed by atoms with Gasteiger partial charge in [-0.25, -0.2) is 31.9 Å². The Kier molecular flexibility index (Phi) is 4.30. The number of rotatable bonds is 1. The molecule has 128 valence electrons. The first-order chi connectivity index (χ1) is 12.3. The lowest BCUT2D eigenvalue weighted by Gasteiger charge is -2.07. The average molecular weight is 425 g/mol. The molecule has 0 radical (unpaired) electrons. The van der Waals surface area contributed by atoms with Crippen molar-refractivity contribution in [3.63, 3.8) is 0 Å². The highest BCUT2D eigenvalue weighted by Crippen LogP contribution is 2.30. The molecular weight excluding hydrogens is 423 g/mol. The lowest BCUT2D eigenvalue weighted by atomic mass is 10.0. The molecule has 0 N–H and O–H groups in total. The standard InChI is InChI=1S/C16H2BrF5N4/c17-7-1-2-8-15(5(7)3-23)26-16(25-8)6(4-24)9-10(18)12(20)14(22)13(21)11(9)19/h1-2H/b16-6-. The minimum Gasteiger partial charge on any atom is -0.226 e. The van der Waals surface area contributed by atoms with E-state index in [1.165, 1.54) is 18.2 Å². The van der Waals surface area contributed by atoms with E-state index in [-0.39, 0.29) is 16.3 Å². The Hall–Kier alpha value is -3.11. The minimum atomic E-state index is -2.34. The molecule has 1 aliphatic rings. The van der Waals surface area contributed by atoms with Gasteiger partial charge in [0, 0.05) is 4.47 Å². The van der Waals surface area contributed by atoms with Crippen molar-refractivity contribution in [1.82, 2.24) is 0 Å². The molecule has 0 saturated carbocycles. The van der Waals surface area contributed by atoms with Gasteiger partial charge < -0.3 is 0 Å². The molecule has 0 spiro atoms. The predicted molar refractivity (Wildman–Crippen MR) is 79.9 cm³/mol. The molecule has 0 aliphatic carbocycles. The smallest absolute Gasteiger partial charge is 0.200 e. The zero-order valence-electron chi connectivity index (χ0n) is 12.2. The first kappa shape index (κ1) is 17.7. The molecule has 3 rings (SSSR count). The molecule has 0 fully saturated rings. The summed E-state index contributed by atoms with van der Waals surface area (Å²) in [6, 6.07) is 6.07. The van der Waals surface area contributed by atoms with E-state index >= 15 is 0 Å². The molecule has 0 bridgehead atoms. The summed E-state index contributed by atoms with van der Waals surface area (Å²) in [7, 11) is 0. The van der Waals surface area contributed by atoms with Crippen LogP contribution in [0.1, 0.15) is 11.1 Å². The van der Waals surface area contributed by atoms with Crippen molar-refractivity contribution in [3.05, 3.63) is 73.4 Å². The summed E-state index contributed by atoms with van der Waals surface area (Å²) >= 11 is 3.11. The number of nitriles is 2. The van der Waals surface area contributed by atoms with Crippen molar-refractivity contribution >= 4 is 21.5 Å². The Morgan fingerprint density at radius 2 is 1.46 bits per heavy atom. The number of hydrogen-bond acceptors (Lipinski definition) is 4. The molecule has 0 aromatic heterocycles. The molecule has 0 atom stereocenters. The summed E-state index contributed by atoms with van der Waals surface area (Å²) in [4.78, 5) is 7.72. The fraction of sp³-hybridized carbons (Fsp3) is 0. The van der Waals surface area contributed by atoms with Crippen LogP contribution in [-0.4, -0.2) is 0 Å².